The fourth-order valence-electron chi connectivity index (χ4n) is 2.42. The summed E-state index contributed by atoms with van der Waals surface area (Å²) in [6, 6.07) is 1.78. The van der Waals surface area contributed by atoms with E-state index in [1.165, 1.54) is 6.26 Å². The van der Waals surface area contributed by atoms with Gasteiger partial charge in [-0.05, 0) is 25.2 Å². The van der Waals surface area contributed by atoms with E-state index in [0.29, 0.717) is 24.8 Å². The zero-order chi connectivity index (χ0) is 13.3. The highest BCUT2D eigenvalue weighted by atomic mass is 32.2. The molecule has 2 fully saturated rings. The van der Waals surface area contributed by atoms with Gasteiger partial charge in [-0.15, -0.1) is 0 Å². The van der Waals surface area contributed by atoms with Crippen LogP contribution in [-0.4, -0.2) is 43.7 Å². The Morgan fingerprint density at radius 1 is 1.37 bits per heavy atom. The second-order valence-electron chi connectivity index (χ2n) is 5.28. The fraction of sp³-hybridized carbons (Fsp3) is 0.750. The molecule has 1 atom stereocenters. The Morgan fingerprint density at radius 3 is 2.79 bits per heavy atom. The SMILES string of the molecule is O=S(=O)(Cc1ccon1)N(C[C@H]1CCOC1)C1CC1. The summed E-state index contributed by atoms with van der Waals surface area (Å²) in [5.74, 6) is 0.251. The highest BCUT2D eigenvalue weighted by Gasteiger charge is 2.39. The lowest BCUT2D eigenvalue weighted by Gasteiger charge is -2.23. The maximum Gasteiger partial charge on any atom is 0.220 e. The summed E-state index contributed by atoms with van der Waals surface area (Å²) in [7, 11) is -3.31. The second kappa shape index (κ2) is 5.22. The molecule has 1 aliphatic heterocycles. The van der Waals surface area contributed by atoms with E-state index in [1.807, 2.05) is 0 Å². The van der Waals surface area contributed by atoms with Crippen molar-refractivity contribution in [3.63, 3.8) is 0 Å². The minimum Gasteiger partial charge on any atom is -0.381 e. The Bertz CT molecular complexity index is 504. The van der Waals surface area contributed by atoms with Gasteiger partial charge in [-0.1, -0.05) is 5.16 Å². The molecule has 2 heterocycles. The van der Waals surface area contributed by atoms with Crippen LogP contribution in [0.2, 0.25) is 0 Å². The molecule has 2 aliphatic rings. The van der Waals surface area contributed by atoms with Crippen LogP contribution in [0.15, 0.2) is 16.9 Å². The van der Waals surface area contributed by atoms with Crippen molar-refractivity contribution >= 4 is 10.0 Å². The van der Waals surface area contributed by atoms with Gasteiger partial charge in [0.1, 0.15) is 12.0 Å². The first-order valence-electron chi connectivity index (χ1n) is 6.62. The van der Waals surface area contributed by atoms with Crippen molar-refractivity contribution in [2.75, 3.05) is 19.8 Å². The number of hydrogen-bond donors (Lipinski definition) is 0. The highest BCUT2D eigenvalue weighted by Crippen LogP contribution is 2.32. The maximum atomic E-state index is 12.5. The molecule has 0 unspecified atom stereocenters. The molecule has 0 bridgehead atoms. The molecule has 106 valence electrons. The number of ether oxygens (including phenoxy) is 1. The highest BCUT2D eigenvalue weighted by molar-refractivity contribution is 7.88. The number of nitrogens with zero attached hydrogens (tertiary/aromatic N) is 2. The van der Waals surface area contributed by atoms with Gasteiger partial charge in [-0.25, -0.2) is 8.42 Å². The molecule has 0 amide bonds. The smallest absolute Gasteiger partial charge is 0.220 e. The van der Waals surface area contributed by atoms with Gasteiger partial charge < -0.3 is 9.26 Å². The Hall–Kier alpha value is -0.920. The van der Waals surface area contributed by atoms with Gasteiger partial charge in [-0.2, -0.15) is 4.31 Å². The summed E-state index contributed by atoms with van der Waals surface area (Å²) >= 11 is 0. The molecule has 0 radical (unpaired) electrons. The molecule has 19 heavy (non-hydrogen) atoms. The Labute approximate surface area is 112 Å². The van der Waals surface area contributed by atoms with Crippen molar-refractivity contribution < 1.29 is 17.7 Å². The minimum atomic E-state index is -3.31. The monoisotopic (exact) mass is 286 g/mol. The molecule has 7 heteroatoms. The molecule has 1 aromatic rings. The average molecular weight is 286 g/mol. The van der Waals surface area contributed by atoms with Crippen molar-refractivity contribution in [3.05, 3.63) is 18.0 Å². The lowest BCUT2D eigenvalue weighted by atomic mass is 10.1. The van der Waals surface area contributed by atoms with Crippen LogP contribution in [-0.2, 0) is 20.5 Å². The van der Waals surface area contributed by atoms with E-state index < -0.39 is 10.0 Å². The van der Waals surface area contributed by atoms with Gasteiger partial charge in [0.15, 0.2) is 0 Å². The molecule has 1 aromatic heterocycles. The standard InChI is InChI=1S/C12H18N2O4S/c15-19(16,9-11-4-6-18-13-11)14(12-1-2-12)7-10-3-5-17-8-10/h4,6,10,12H,1-3,5,7-9H2/t10-/m1/s1. The summed E-state index contributed by atoms with van der Waals surface area (Å²) in [5, 5.41) is 3.69. The molecule has 3 rings (SSSR count). The van der Waals surface area contributed by atoms with Crippen molar-refractivity contribution in [1.29, 1.82) is 0 Å². The Balaban J connectivity index is 1.71. The Morgan fingerprint density at radius 2 is 2.21 bits per heavy atom. The first-order chi connectivity index (χ1) is 9.15. The van der Waals surface area contributed by atoms with E-state index >= 15 is 0 Å². The van der Waals surface area contributed by atoms with E-state index in [9.17, 15) is 8.42 Å². The molecule has 0 N–H and O–H groups in total. The van der Waals surface area contributed by atoms with E-state index in [-0.39, 0.29) is 11.8 Å². The molecule has 1 saturated carbocycles. The maximum absolute atomic E-state index is 12.5. The molecule has 0 spiro atoms. The van der Waals surface area contributed by atoms with Gasteiger partial charge >= 0.3 is 0 Å². The first-order valence-corrected chi connectivity index (χ1v) is 8.22. The van der Waals surface area contributed by atoms with Crippen LogP contribution in [0.4, 0.5) is 0 Å². The molecule has 0 aromatic carbocycles. The third-order valence-electron chi connectivity index (χ3n) is 3.60. The summed E-state index contributed by atoms with van der Waals surface area (Å²) in [6.07, 6.45) is 4.27. The zero-order valence-electron chi connectivity index (χ0n) is 10.7. The first kappa shape index (κ1) is 13.1. The number of rotatable bonds is 6. The number of hydrogen-bond acceptors (Lipinski definition) is 5. The van der Waals surface area contributed by atoms with E-state index in [2.05, 4.69) is 5.16 Å². The number of sulfonamides is 1. The fourth-order valence-corrected chi connectivity index (χ4v) is 4.21. The number of aromatic nitrogens is 1. The largest absolute Gasteiger partial charge is 0.381 e. The summed E-state index contributed by atoms with van der Waals surface area (Å²) in [6.45, 7) is 1.99. The zero-order valence-corrected chi connectivity index (χ0v) is 11.5. The minimum absolute atomic E-state index is 0.0758. The Kier molecular flexibility index (Phi) is 3.60. The van der Waals surface area contributed by atoms with E-state index in [1.54, 1.807) is 10.4 Å². The summed E-state index contributed by atoms with van der Waals surface area (Å²) < 4.78 is 36.6. The van der Waals surface area contributed by atoms with Crippen LogP contribution >= 0.6 is 0 Å². The molecule has 1 saturated heterocycles. The van der Waals surface area contributed by atoms with Crippen LogP contribution in [0.5, 0.6) is 0 Å². The van der Waals surface area contributed by atoms with E-state index in [0.717, 1.165) is 25.9 Å². The summed E-state index contributed by atoms with van der Waals surface area (Å²) in [5.41, 5.74) is 0.466. The van der Waals surface area contributed by atoms with Gasteiger partial charge in [0.2, 0.25) is 10.0 Å². The van der Waals surface area contributed by atoms with Crippen LogP contribution < -0.4 is 0 Å². The van der Waals surface area contributed by atoms with Crippen LogP contribution in [0.25, 0.3) is 0 Å². The summed E-state index contributed by atoms with van der Waals surface area (Å²) in [4.78, 5) is 0. The van der Waals surface area contributed by atoms with Crippen LogP contribution in [0.3, 0.4) is 0 Å². The third kappa shape index (κ3) is 3.16. The lowest BCUT2D eigenvalue weighted by Crippen LogP contribution is -2.38. The predicted molar refractivity (Wildman–Crippen MR) is 67.8 cm³/mol. The van der Waals surface area contributed by atoms with Crippen molar-refractivity contribution in [2.24, 2.45) is 5.92 Å². The van der Waals surface area contributed by atoms with Gasteiger partial charge in [0.25, 0.3) is 0 Å². The predicted octanol–water partition coefficient (Wildman–Crippen LogP) is 1.01. The van der Waals surface area contributed by atoms with E-state index in [4.69, 9.17) is 9.26 Å². The van der Waals surface area contributed by atoms with Crippen LogP contribution in [0, 0.1) is 5.92 Å². The van der Waals surface area contributed by atoms with Crippen molar-refractivity contribution in [2.45, 2.75) is 31.1 Å². The van der Waals surface area contributed by atoms with Gasteiger partial charge in [0.05, 0.1) is 12.3 Å². The average Bonchev–Trinajstić information content (AvgIpc) is 2.87. The van der Waals surface area contributed by atoms with Crippen molar-refractivity contribution in [3.8, 4) is 0 Å². The quantitative estimate of drug-likeness (QED) is 0.780. The van der Waals surface area contributed by atoms with Gasteiger partial charge in [-0.3, -0.25) is 0 Å². The van der Waals surface area contributed by atoms with Crippen molar-refractivity contribution in [1.82, 2.24) is 9.46 Å². The normalized spacial score (nSPS) is 24.2. The van der Waals surface area contributed by atoms with Crippen LogP contribution in [0.1, 0.15) is 25.0 Å². The second-order valence-corrected chi connectivity index (χ2v) is 7.20. The lowest BCUT2D eigenvalue weighted by molar-refractivity contribution is 0.180. The van der Waals surface area contributed by atoms with Gasteiger partial charge in [0, 0.05) is 25.3 Å². The molecular weight excluding hydrogens is 268 g/mol. The third-order valence-corrected chi connectivity index (χ3v) is 5.42. The molecule has 6 nitrogen and oxygen atoms in total. The molecule has 1 aliphatic carbocycles. The topological polar surface area (TPSA) is 72.6 Å². The molecular formula is C12H18N2O4S.